The summed E-state index contributed by atoms with van der Waals surface area (Å²) < 4.78 is 56.1. The highest BCUT2D eigenvalue weighted by atomic mass is 19.4. The topological polar surface area (TPSA) is 35.2 Å². The standard InChI is InChI=1S/C10H11F4NO/c1-9(15,10(12,13)14)8-6(11)4-3-5-7(8)16-2/h3-5H,15H2,1-2H3. The lowest BCUT2D eigenvalue weighted by atomic mass is 9.91. The van der Waals surface area contributed by atoms with Crippen LogP contribution in [0, 0.1) is 5.82 Å². The molecule has 1 unspecified atom stereocenters. The molecule has 2 nitrogen and oxygen atoms in total. The molecule has 1 aromatic rings. The lowest BCUT2D eigenvalue weighted by Crippen LogP contribution is -2.48. The van der Waals surface area contributed by atoms with Gasteiger partial charge in [-0.05, 0) is 19.1 Å². The second kappa shape index (κ2) is 3.93. The third kappa shape index (κ3) is 1.97. The fourth-order valence-electron chi connectivity index (χ4n) is 1.32. The molecule has 0 radical (unpaired) electrons. The first-order valence-corrected chi connectivity index (χ1v) is 4.40. The predicted octanol–water partition coefficient (Wildman–Crippen LogP) is 2.57. The Morgan fingerprint density at radius 1 is 1.25 bits per heavy atom. The van der Waals surface area contributed by atoms with Gasteiger partial charge in [0.05, 0.1) is 12.7 Å². The second-order valence-corrected chi connectivity index (χ2v) is 3.52. The van der Waals surface area contributed by atoms with E-state index < -0.39 is 23.1 Å². The number of methoxy groups -OCH3 is 1. The number of hydrogen-bond donors (Lipinski definition) is 1. The molecule has 0 saturated heterocycles. The average molecular weight is 237 g/mol. The molecule has 1 atom stereocenters. The molecular formula is C10H11F4NO. The van der Waals surface area contributed by atoms with Crippen LogP contribution in [0.4, 0.5) is 17.6 Å². The van der Waals surface area contributed by atoms with Gasteiger partial charge in [-0.15, -0.1) is 0 Å². The van der Waals surface area contributed by atoms with Crippen molar-refractivity contribution in [3.05, 3.63) is 29.6 Å². The van der Waals surface area contributed by atoms with E-state index in [1.54, 1.807) is 0 Å². The van der Waals surface area contributed by atoms with E-state index in [4.69, 9.17) is 5.73 Å². The fraction of sp³-hybridized carbons (Fsp3) is 0.400. The lowest BCUT2D eigenvalue weighted by Gasteiger charge is -2.29. The molecule has 6 heteroatoms. The Hall–Kier alpha value is -1.30. The molecule has 0 aliphatic carbocycles. The molecule has 0 aliphatic heterocycles. The summed E-state index contributed by atoms with van der Waals surface area (Å²) in [6.07, 6.45) is -4.76. The van der Waals surface area contributed by atoms with Crippen LogP contribution in [-0.2, 0) is 5.54 Å². The van der Waals surface area contributed by atoms with Crippen molar-refractivity contribution in [2.45, 2.75) is 18.6 Å². The summed E-state index contributed by atoms with van der Waals surface area (Å²) in [6, 6.07) is 3.40. The van der Waals surface area contributed by atoms with Crippen LogP contribution in [0.3, 0.4) is 0 Å². The summed E-state index contributed by atoms with van der Waals surface area (Å²) in [7, 11) is 1.16. The quantitative estimate of drug-likeness (QED) is 0.802. The van der Waals surface area contributed by atoms with Crippen LogP contribution in [0.5, 0.6) is 5.75 Å². The minimum absolute atomic E-state index is 0.220. The van der Waals surface area contributed by atoms with E-state index in [0.717, 1.165) is 13.2 Å². The monoisotopic (exact) mass is 237 g/mol. The third-order valence-corrected chi connectivity index (χ3v) is 2.30. The average Bonchev–Trinajstić information content (AvgIpc) is 2.15. The molecule has 0 fully saturated rings. The summed E-state index contributed by atoms with van der Waals surface area (Å²) in [5.41, 5.74) is 1.67. The smallest absolute Gasteiger partial charge is 0.410 e. The maximum absolute atomic E-state index is 13.4. The van der Waals surface area contributed by atoms with E-state index in [1.165, 1.54) is 12.1 Å². The first-order valence-electron chi connectivity index (χ1n) is 4.40. The Bertz CT molecular complexity index is 387. The number of benzene rings is 1. The molecule has 0 aromatic heterocycles. The summed E-state index contributed by atoms with van der Waals surface area (Å²) in [4.78, 5) is 0. The van der Waals surface area contributed by atoms with Crippen LogP contribution in [0.2, 0.25) is 0 Å². The van der Waals surface area contributed by atoms with Gasteiger partial charge in [-0.1, -0.05) is 6.07 Å². The Balaban J connectivity index is 3.43. The van der Waals surface area contributed by atoms with Crippen molar-refractivity contribution in [3.63, 3.8) is 0 Å². The number of halogens is 4. The van der Waals surface area contributed by atoms with Gasteiger partial charge in [-0.25, -0.2) is 4.39 Å². The van der Waals surface area contributed by atoms with Crippen LogP contribution < -0.4 is 10.5 Å². The van der Waals surface area contributed by atoms with Crippen LogP contribution >= 0.6 is 0 Å². The maximum Gasteiger partial charge on any atom is 0.410 e. The summed E-state index contributed by atoms with van der Waals surface area (Å²) in [5.74, 6) is -1.26. The third-order valence-electron chi connectivity index (χ3n) is 2.30. The molecule has 0 heterocycles. The van der Waals surface area contributed by atoms with Crippen molar-refractivity contribution in [2.75, 3.05) is 7.11 Å². The summed E-state index contributed by atoms with van der Waals surface area (Å²) >= 11 is 0. The number of nitrogens with two attached hydrogens (primary N) is 1. The van der Waals surface area contributed by atoms with Crippen molar-refractivity contribution in [1.29, 1.82) is 0 Å². The highest BCUT2D eigenvalue weighted by molar-refractivity contribution is 5.40. The number of alkyl halides is 3. The molecule has 1 aromatic carbocycles. The normalized spacial score (nSPS) is 15.7. The minimum Gasteiger partial charge on any atom is -0.496 e. The van der Waals surface area contributed by atoms with Gasteiger partial charge >= 0.3 is 6.18 Å². The van der Waals surface area contributed by atoms with Gasteiger partial charge in [0, 0.05) is 0 Å². The largest absolute Gasteiger partial charge is 0.496 e. The zero-order chi connectivity index (χ0) is 12.6. The van der Waals surface area contributed by atoms with Crippen LogP contribution in [0.15, 0.2) is 18.2 Å². The summed E-state index contributed by atoms with van der Waals surface area (Å²) in [6.45, 7) is 0.702. The van der Waals surface area contributed by atoms with Crippen molar-refractivity contribution in [1.82, 2.24) is 0 Å². The van der Waals surface area contributed by atoms with Gasteiger partial charge in [-0.2, -0.15) is 13.2 Å². The Labute approximate surface area is 90.0 Å². The van der Waals surface area contributed by atoms with Crippen LogP contribution in [0.1, 0.15) is 12.5 Å². The molecule has 16 heavy (non-hydrogen) atoms. The molecule has 0 saturated carbocycles. The van der Waals surface area contributed by atoms with E-state index in [9.17, 15) is 17.6 Å². The maximum atomic E-state index is 13.4. The highest BCUT2D eigenvalue weighted by Crippen LogP contribution is 2.41. The highest BCUT2D eigenvalue weighted by Gasteiger charge is 2.52. The van der Waals surface area contributed by atoms with E-state index in [2.05, 4.69) is 4.74 Å². The van der Waals surface area contributed by atoms with Gasteiger partial charge in [-0.3, -0.25) is 0 Å². The zero-order valence-electron chi connectivity index (χ0n) is 8.73. The van der Waals surface area contributed by atoms with Crippen molar-refractivity contribution >= 4 is 0 Å². The first-order chi connectivity index (χ1) is 7.21. The van der Waals surface area contributed by atoms with E-state index in [0.29, 0.717) is 6.92 Å². The number of rotatable bonds is 2. The first kappa shape index (κ1) is 12.8. The second-order valence-electron chi connectivity index (χ2n) is 3.52. The predicted molar refractivity (Wildman–Crippen MR) is 50.5 cm³/mol. The molecule has 1 rings (SSSR count). The van der Waals surface area contributed by atoms with Crippen molar-refractivity contribution in [2.24, 2.45) is 5.73 Å². The van der Waals surface area contributed by atoms with Gasteiger partial charge in [0.1, 0.15) is 17.1 Å². The fourth-order valence-corrected chi connectivity index (χ4v) is 1.32. The molecule has 90 valence electrons. The van der Waals surface area contributed by atoms with Gasteiger partial charge in [0.2, 0.25) is 0 Å². The molecule has 2 N–H and O–H groups in total. The van der Waals surface area contributed by atoms with E-state index in [-0.39, 0.29) is 5.75 Å². The SMILES string of the molecule is COc1cccc(F)c1C(C)(N)C(F)(F)F. The van der Waals surface area contributed by atoms with Crippen LogP contribution in [0.25, 0.3) is 0 Å². The van der Waals surface area contributed by atoms with Gasteiger partial charge < -0.3 is 10.5 Å². The van der Waals surface area contributed by atoms with Gasteiger partial charge in [0.25, 0.3) is 0 Å². The minimum atomic E-state index is -4.76. The van der Waals surface area contributed by atoms with E-state index in [1.807, 2.05) is 0 Å². The lowest BCUT2D eigenvalue weighted by molar-refractivity contribution is -0.185. The van der Waals surface area contributed by atoms with Crippen LogP contribution in [-0.4, -0.2) is 13.3 Å². The van der Waals surface area contributed by atoms with E-state index >= 15 is 0 Å². The molecular weight excluding hydrogens is 226 g/mol. The van der Waals surface area contributed by atoms with Crippen molar-refractivity contribution in [3.8, 4) is 5.75 Å². The molecule has 0 bridgehead atoms. The number of ether oxygens (including phenoxy) is 1. The van der Waals surface area contributed by atoms with Gasteiger partial charge in [0.15, 0.2) is 0 Å². The Morgan fingerprint density at radius 2 is 1.81 bits per heavy atom. The van der Waals surface area contributed by atoms with Crippen molar-refractivity contribution < 1.29 is 22.3 Å². The number of hydrogen-bond acceptors (Lipinski definition) is 2. The zero-order valence-corrected chi connectivity index (χ0v) is 8.73. The Morgan fingerprint density at radius 3 is 2.25 bits per heavy atom. The summed E-state index contributed by atoms with van der Waals surface area (Å²) in [5, 5.41) is 0. The Kier molecular flexibility index (Phi) is 3.14. The molecule has 0 spiro atoms. The molecule has 0 aliphatic rings. The molecule has 0 amide bonds.